The Morgan fingerprint density at radius 2 is 1.47 bits per heavy atom. The maximum atomic E-state index is 11.8. The third-order valence-electron chi connectivity index (χ3n) is 5.87. The molecule has 32 heavy (non-hydrogen) atoms. The van der Waals surface area contributed by atoms with Crippen molar-refractivity contribution in [3.63, 3.8) is 0 Å². The third-order valence-corrected chi connectivity index (χ3v) is 5.87. The van der Waals surface area contributed by atoms with Gasteiger partial charge in [-0.2, -0.15) is 0 Å². The molecule has 3 aliphatic rings. The molecule has 1 N–H and O–H groups in total. The summed E-state index contributed by atoms with van der Waals surface area (Å²) in [7, 11) is 0. The number of rotatable bonds is 14. The molecule has 0 bridgehead atoms. The highest BCUT2D eigenvalue weighted by molar-refractivity contribution is 6.12. The summed E-state index contributed by atoms with van der Waals surface area (Å²) in [5.41, 5.74) is 0. The summed E-state index contributed by atoms with van der Waals surface area (Å²) in [5, 5.41) is 2.70. The summed E-state index contributed by atoms with van der Waals surface area (Å²) in [4.78, 5) is 35.6. The number of carbonyl (C=O) groups excluding carboxylic acids is 3. The van der Waals surface area contributed by atoms with Gasteiger partial charge in [0.2, 0.25) is 0 Å². The predicted molar refractivity (Wildman–Crippen MR) is 114 cm³/mol. The lowest BCUT2D eigenvalue weighted by atomic mass is 10.1. The average Bonchev–Trinajstić information content (AvgIpc) is 3.30. The highest BCUT2D eigenvalue weighted by atomic mass is 16.6. The zero-order valence-corrected chi connectivity index (χ0v) is 18.4. The number of nitrogens with one attached hydrogen (secondary N) is 1. The molecular formula is C23H32N2O7. The number of alkyl carbamates (subject to hydrolysis) is 1. The molecule has 9 heteroatoms. The second-order valence-electron chi connectivity index (χ2n) is 7.95. The Bertz CT molecular complexity index is 706. The van der Waals surface area contributed by atoms with E-state index in [-0.39, 0.29) is 25.0 Å². The van der Waals surface area contributed by atoms with Crippen molar-refractivity contribution < 1.29 is 33.3 Å². The maximum Gasteiger partial charge on any atom is 0.407 e. The smallest absolute Gasteiger partial charge is 0.407 e. The maximum absolute atomic E-state index is 11.8. The highest BCUT2D eigenvalue weighted by Gasteiger charge is 2.49. The highest BCUT2D eigenvalue weighted by Crippen LogP contribution is 2.52. The first-order valence-electron chi connectivity index (χ1n) is 11.3. The summed E-state index contributed by atoms with van der Waals surface area (Å²) in [6.07, 6.45) is 6.26. The Labute approximate surface area is 188 Å². The van der Waals surface area contributed by atoms with Gasteiger partial charge in [-0.25, -0.2) is 4.79 Å². The second kappa shape index (κ2) is 13.2. The molecule has 9 nitrogen and oxygen atoms in total. The van der Waals surface area contributed by atoms with Gasteiger partial charge in [0, 0.05) is 31.5 Å². The Balaban J connectivity index is 1.06. The molecule has 0 aromatic carbocycles. The average molecular weight is 449 g/mol. The van der Waals surface area contributed by atoms with Gasteiger partial charge >= 0.3 is 6.09 Å². The summed E-state index contributed by atoms with van der Waals surface area (Å²) < 4.78 is 21.5. The van der Waals surface area contributed by atoms with Crippen LogP contribution in [0.1, 0.15) is 25.7 Å². The van der Waals surface area contributed by atoms with Crippen LogP contribution in [-0.2, 0) is 28.5 Å². The largest absolute Gasteiger partial charge is 0.449 e. The van der Waals surface area contributed by atoms with E-state index in [1.807, 2.05) is 0 Å². The fourth-order valence-corrected chi connectivity index (χ4v) is 4.08. The quantitative estimate of drug-likeness (QED) is 0.241. The van der Waals surface area contributed by atoms with E-state index in [0.29, 0.717) is 63.9 Å². The van der Waals surface area contributed by atoms with Crippen molar-refractivity contribution >= 4 is 17.9 Å². The van der Waals surface area contributed by atoms with Crippen LogP contribution in [-0.4, -0.2) is 82.1 Å². The molecule has 0 aromatic heterocycles. The lowest BCUT2D eigenvalue weighted by molar-refractivity contribution is -0.137. The van der Waals surface area contributed by atoms with E-state index in [9.17, 15) is 14.4 Å². The van der Waals surface area contributed by atoms with Crippen LogP contribution in [0.3, 0.4) is 0 Å². The number of imide groups is 1. The molecular weight excluding hydrogens is 416 g/mol. The lowest BCUT2D eigenvalue weighted by Gasteiger charge is -2.13. The van der Waals surface area contributed by atoms with E-state index >= 15 is 0 Å². The summed E-state index contributed by atoms with van der Waals surface area (Å²) >= 11 is 0. The first kappa shape index (κ1) is 24.2. The number of amides is 3. The van der Waals surface area contributed by atoms with Crippen LogP contribution in [0.15, 0.2) is 12.2 Å². The Hall–Kier alpha value is -2.41. The van der Waals surface area contributed by atoms with Crippen LogP contribution >= 0.6 is 0 Å². The fourth-order valence-electron chi connectivity index (χ4n) is 4.08. The van der Waals surface area contributed by atoms with Gasteiger partial charge in [0.1, 0.15) is 0 Å². The molecule has 1 fully saturated rings. The van der Waals surface area contributed by atoms with Gasteiger partial charge in [-0.1, -0.05) is 0 Å². The number of hydrogen-bond donors (Lipinski definition) is 1. The molecule has 0 aromatic rings. The van der Waals surface area contributed by atoms with Crippen LogP contribution in [0.25, 0.3) is 0 Å². The zero-order valence-electron chi connectivity index (χ0n) is 18.4. The molecule has 3 atom stereocenters. The van der Waals surface area contributed by atoms with Gasteiger partial charge in [-0.05, 0) is 30.6 Å². The van der Waals surface area contributed by atoms with Gasteiger partial charge in [0.05, 0.1) is 52.8 Å². The molecule has 1 heterocycles. The standard InChI is InChI=1S/C23H32N2O7/c26-21-7-8-22(27)25(21)10-12-30-14-16-31-15-13-29-11-9-24-23(28)32-17-20-18-5-3-1-2-4-6-19(18)20/h7-8,18-20H,3-6,9-17H2,(H,24,28)/t18-,19+,20?. The Morgan fingerprint density at radius 3 is 2.09 bits per heavy atom. The van der Waals surface area contributed by atoms with Gasteiger partial charge in [-0.15, -0.1) is 11.8 Å². The molecule has 176 valence electrons. The van der Waals surface area contributed by atoms with E-state index < -0.39 is 6.09 Å². The fraction of sp³-hybridized carbons (Fsp3) is 0.696. The summed E-state index contributed by atoms with van der Waals surface area (Å²) in [6, 6.07) is 0. The molecule has 2 aliphatic carbocycles. The first-order valence-corrected chi connectivity index (χ1v) is 11.3. The second-order valence-corrected chi connectivity index (χ2v) is 7.95. The van der Waals surface area contributed by atoms with E-state index in [0.717, 1.165) is 30.6 Å². The summed E-state index contributed by atoms with van der Waals surface area (Å²) in [5.74, 6) is 7.57. The third kappa shape index (κ3) is 7.93. The van der Waals surface area contributed by atoms with Crippen molar-refractivity contribution in [1.29, 1.82) is 0 Å². The van der Waals surface area contributed by atoms with E-state index in [1.54, 1.807) is 0 Å². The molecule has 3 rings (SSSR count). The molecule has 0 spiro atoms. The monoisotopic (exact) mass is 448 g/mol. The van der Waals surface area contributed by atoms with Crippen molar-refractivity contribution in [3.8, 4) is 11.8 Å². The normalized spacial score (nSPS) is 23.8. The van der Waals surface area contributed by atoms with Crippen LogP contribution in [0.5, 0.6) is 0 Å². The molecule has 3 amide bonds. The van der Waals surface area contributed by atoms with Crippen LogP contribution < -0.4 is 5.32 Å². The van der Waals surface area contributed by atoms with Gasteiger partial charge in [-0.3, -0.25) is 14.5 Å². The zero-order chi connectivity index (χ0) is 22.6. The van der Waals surface area contributed by atoms with Crippen molar-refractivity contribution in [2.45, 2.75) is 25.7 Å². The van der Waals surface area contributed by atoms with Crippen LogP contribution in [0.4, 0.5) is 4.79 Å². The van der Waals surface area contributed by atoms with Crippen molar-refractivity contribution in [2.75, 3.05) is 59.3 Å². The van der Waals surface area contributed by atoms with Crippen LogP contribution in [0, 0.1) is 29.6 Å². The minimum absolute atomic E-state index is 0.236. The molecule has 1 unspecified atom stereocenters. The lowest BCUT2D eigenvalue weighted by Crippen LogP contribution is -2.33. The van der Waals surface area contributed by atoms with Gasteiger partial charge in [0.15, 0.2) is 0 Å². The van der Waals surface area contributed by atoms with Crippen molar-refractivity contribution in [1.82, 2.24) is 10.2 Å². The number of fused-ring (bicyclic) bond motifs is 1. The Kier molecular flexibility index (Phi) is 10.0. The molecule has 0 saturated heterocycles. The number of hydrogen-bond acceptors (Lipinski definition) is 7. The molecule has 1 aliphatic heterocycles. The van der Waals surface area contributed by atoms with E-state index in [1.165, 1.54) is 12.2 Å². The SMILES string of the molecule is O=C(NCCOCCOCCOCCN1C(=O)C=CC1=O)OCC1[C@H]2CCC#CCC[C@@H]12. The topological polar surface area (TPSA) is 103 Å². The van der Waals surface area contributed by atoms with Crippen molar-refractivity contribution in [2.24, 2.45) is 17.8 Å². The minimum Gasteiger partial charge on any atom is -0.449 e. The summed E-state index contributed by atoms with van der Waals surface area (Å²) in [6.45, 7) is 3.34. The van der Waals surface area contributed by atoms with Gasteiger partial charge < -0.3 is 24.3 Å². The van der Waals surface area contributed by atoms with E-state index in [2.05, 4.69) is 17.2 Å². The number of carbonyl (C=O) groups is 3. The predicted octanol–water partition coefficient (Wildman–Crippen LogP) is 1.13. The number of nitrogens with zero attached hydrogens (tertiary/aromatic N) is 1. The van der Waals surface area contributed by atoms with Gasteiger partial charge in [0.25, 0.3) is 11.8 Å². The molecule has 1 saturated carbocycles. The first-order chi connectivity index (χ1) is 15.7. The van der Waals surface area contributed by atoms with Crippen molar-refractivity contribution in [3.05, 3.63) is 12.2 Å². The Morgan fingerprint density at radius 1 is 0.906 bits per heavy atom. The molecule has 0 radical (unpaired) electrons. The number of ether oxygens (including phenoxy) is 4. The van der Waals surface area contributed by atoms with Crippen LogP contribution in [0.2, 0.25) is 0 Å². The minimum atomic E-state index is -0.398. The van der Waals surface area contributed by atoms with E-state index in [4.69, 9.17) is 18.9 Å².